The zero-order valence-electron chi connectivity index (χ0n) is 15.5. The largest absolute Gasteiger partial charge is 0.493 e. The van der Waals surface area contributed by atoms with Gasteiger partial charge < -0.3 is 9.72 Å². The molecular formula is C23H23FN2O. The summed E-state index contributed by atoms with van der Waals surface area (Å²) in [7, 11) is 0. The van der Waals surface area contributed by atoms with Crippen LogP contribution in [-0.2, 0) is 12.8 Å². The van der Waals surface area contributed by atoms with Gasteiger partial charge in [0.2, 0.25) is 0 Å². The number of H-pyrrole nitrogens is 1. The first kappa shape index (κ1) is 17.5. The number of unbranched alkanes of at least 4 members (excludes halogenated alkanes) is 1. The molecule has 0 radical (unpaired) electrons. The second-order valence-electron chi connectivity index (χ2n) is 6.83. The molecule has 4 heteroatoms. The summed E-state index contributed by atoms with van der Waals surface area (Å²) in [6, 6.07) is 17.0. The van der Waals surface area contributed by atoms with Crippen molar-refractivity contribution in [2.75, 3.05) is 6.61 Å². The Kier molecular flexibility index (Phi) is 5.05. The number of aromatic amines is 1. The van der Waals surface area contributed by atoms with Crippen LogP contribution >= 0.6 is 0 Å². The van der Waals surface area contributed by atoms with Crippen LogP contribution in [0.25, 0.3) is 21.8 Å². The van der Waals surface area contributed by atoms with Gasteiger partial charge in [-0.3, -0.25) is 0 Å². The minimum absolute atomic E-state index is 0.204. The lowest BCUT2D eigenvalue weighted by molar-refractivity contribution is 0.313. The van der Waals surface area contributed by atoms with E-state index < -0.39 is 0 Å². The van der Waals surface area contributed by atoms with Crippen LogP contribution in [0.15, 0.2) is 54.6 Å². The van der Waals surface area contributed by atoms with Gasteiger partial charge in [0, 0.05) is 23.3 Å². The maximum Gasteiger partial charge on any atom is 0.129 e. The van der Waals surface area contributed by atoms with E-state index in [0.717, 1.165) is 71.2 Å². The molecule has 0 amide bonds. The summed E-state index contributed by atoms with van der Waals surface area (Å²) in [5, 5.41) is 2.20. The third-order valence-electron chi connectivity index (χ3n) is 4.82. The molecule has 0 aliphatic heterocycles. The van der Waals surface area contributed by atoms with Crippen LogP contribution in [0.5, 0.6) is 5.75 Å². The van der Waals surface area contributed by atoms with E-state index in [2.05, 4.69) is 30.1 Å². The smallest absolute Gasteiger partial charge is 0.129 e. The highest BCUT2D eigenvalue weighted by Crippen LogP contribution is 2.32. The van der Waals surface area contributed by atoms with Crippen LogP contribution < -0.4 is 4.74 Å². The Labute approximate surface area is 158 Å². The molecule has 27 heavy (non-hydrogen) atoms. The third-order valence-corrected chi connectivity index (χ3v) is 4.82. The first-order valence-corrected chi connectivity index (χ1v) is 9.52. The standard InChI is InChI=1S/C23H23FN2O/c1-2-3-14-27-21-15-20-23(19-7-5-4-6-18(19)21)26-22(25-20)13-10-16-8-11-17(24)12-9-16/h4-9,11-12,15H,2-3,10,13-14H2,1H3,(H,25,26). The SMILES string of the molecule is CCCCOc1cc2[nH]c(CCc3ccc(F)cc3)nc2c2ccccc12. The van der Waals surface area contributed by atoms with Crippen LogP contribution in [-0.4, -0.2) is 16.6 Å². The van der Waals surface area contributed by atoms with Crippen molar-refractivity contribution in [3.05, 3.63) is 71.8 Å². The zero-order chi connectivity index (χ0) is 18.6. The fourth-order valence-electron chi connectivity index (χ4n) is 3.34. The van der Waals surface area contributed by atoms with Crippen molar-refractivity contribution in [2.45, 2.75) is 32.6 Å². The lowest BCUT2D eigenvalue weighted by Crippen LogP contribution is -1.97. The van der Waals surface area contributed by atoms with Crippen LogP contribution in [0.3, 0.4) is 0 Å². The van der Waals surface area contributed by atoms with Crippen LogP contribution in [0.4, 0.5) is 4.39 Å². The molecule has 0 saturated carbocycles. The number of aromatic nitrogens is 2. The highest BCUT2D eigenvalue weighted by Gasteiger charge is 2.12. The van der Waals surface area contributed by atoms with Gasteiger partial charge in [-0.15, -0.1) is 0 Å². The Morgan fingerprint density at radius 1 is 1.00 bits per heavy atom. The molecule has 0 unspecified atom stereocenters. The first-order valence-electron chi connectivity index (χ1n) is 9.52. The topological polar surface area (TPSA) is 37.9 Å². The fraction of sp³-hybridized carbons (Fsp3) is 0.261. The van der Waals surface area contributed by atoms with Gasteiger partial charge in [0.1, 0.15) is 17.4 Å². The number of benzene rings is 3. The number of imidazole rings is 1. The fourth-order valence-corrected chi connectivity index (χ4v) is 3.34. The van der Waals surface area contributed by atoms with Crippen molar-refractivity contribution >= 4 is 21.8 Å². The van der Waals surface area contributed by atoms with E-state index >= 15 is 0 Å². The summed E-state index contributed by atoms with van der Waals surface area (Å²) in [6.45, 7) is 2.88. The van der Waals surface area contributed by atoms with Gasteiger partial charge in [-0.2, -0.15) is 0 Å². The molecule has 0 aliphatic rings. The number of nitrogens with one attached hydrogen (secondary N) is 1. The second kappa shape index (κ2) is 7.78. The number of hydrogen-bond donors (Lipinski definition) is 1. The summed E-state index contributed by atoms with van der Waals surface area (Å²) < 4.78 is 19.1. The lowest BCUT2D eigenvalue weighted by Gasteiger charge is -2.09. The molecule has 138 valence electrons. The van der Waals surface area contributed by atoms with E-state index in [1.165, 1.54) is 12.1 Å². The van der Waals surface area contributed by atoms with E-state index in [4.69, 9.17) is 9.72 Å². The van der Waals surface area contributed by atoms with Crippen molar-refractivity contribution < 1.29 is 9.13 Å². The molecule has 3 nitrogen and oxygen atoms in total. The molecule has 0 spiro atoms. The molecule has 3 aromatic carbocycles. The molecule has 1 aromatic heterocycles. The van der Waals surface area contributed by atoms with E-state index in [1.807, 2.05) is 24.3 Å². The normalized spacial score (nSPS) is 11.3. The summed E-state index contributed by atoms with van der Waals surface area (Å²) >= 11 is 0. The van der Waals surface area contributed by atoms with Crippen LogP contribution in [0, 0.1) is 5.82 Å². The van der Waals surface area contributed by atoms with E-state index in [1.54, 1.807) is 0 Å². The Morgan fingerprint density at radius 2 is 1.78 bits per heavy atom. The van der Waals surface area contributed by atoms with Crippen molar-refractivity contribution in [3.63, 3.8) is 0 Å². The molecule has 0 fully saturated rings. The third kappa shape index (κ3) is 3.80. The van der Waals surface area contributed by atoms with Gasteiger partial charge in [0.25, 0.3) is 0 Å². The molecule has 0 saturated heterocycles. The van der Waals surface area contributed by atoms with E-state index in [0.29, 0.717) is 0 Å². The van der Waals surface area contributed by atoms with Crippen molar-refractivity contribution in [2.24, 2.45) is 0 Å². The molecule has 1 N–H and O–H groups in total. The highest BCUT2D eigenvalue weighted by atomic mass is 19.1. The predicted molar refractivity (Wildman–Crippen MR) is 108 cm³/mol. The molecule has 1 heterocycles. The summed E-state index contributed by atoms with van der Waals surface area (Å²) in [5.41, 5.74) is 3.07. The Balaban J connectivity index is 1.64. The quantitative estimate of drug-likeness (QED) is 0.421. The molecule has 4 rings (SSSR count). The van der Waals surface area contributed by atoms with Crippen LogP contribution in [0.2, 0.25) is 0 Å². The molecule has 0 bridgehead atoms. The van der Waals surface area contributed by atoms with Crippen molar-refractivity contribution in [3.8, 4) is 5.75 Å². The van der Waals surface area contributed by atoms with Crippen LogP contribution in [0.1, 0.15) is 31.2 Å². The average molecular weight is 362 g/mol. The second-order valence-corrected chi connectivity index (χ2v) is 6.83. The Morgan fingerprint density at radius 3 is 2.56 bits per heavy atom. The van der Waals surface area contributed by atoms with Crippen molar-refractivity contribution in [1.29, 1.82) is 0 Å². The summed E-state index contributed by atoms with van der Waals surface area (Å²) in [6.07, 6.45) is 3.74. The summed E-state index contributed by atoms with van der Waals surface area (Å²) in [5.74, 6) is 1.63. The summed E-state index contributed by atoms with van der Waals surface area (Å²) in [4.78, 5) is 8.26. The molecule has 4 aromatic rings. The number of aryl methyl sites for hydroxylation is 2. The highest BCUT2D eigenvalue weighted by molar-refractivity contribution is 6.07. The monoisotopic (exact) mass is 362 g/mol. The molecule has 0 atom stereocenters. The van der Waals surface area contributed by atoms with E-state index in [-0.39, 0.29) is 5.82 Å². The zero-order valence-corrected chi connectivity index (χ0v) is 15.5. The maximum atomic E-state index is 13.1. The van der Waals surface area contributed by atoms with E-state index in [9.17, 15) is 4.39 Å². The Bertz CT molecular complexity index is 1050. The number of nitrogens with zero attached hydrogens (tertiary/aromatic N) is 1. The predicted octanol–water partition coefficient (Wildman–Crippen LogP) is 5.82. The number of halogens is 1. The lowest BCUT2D eigenvalue weighted by atomic mass is 10.1. The number of rotatable bonds is 7. The van der Waals surface area contributed by atoms with Gasteiger partial charge in [0.15, 0.2) is 0 Å². The molecule has 0 aliphatic carbocycles. The number of ether oxygens (including phenoxy) is 1. The molecular weight excluding hydrogens is 339 g/mol. The van der Waals surface area contributed by atoms with Gasteiger partial charge in [-0.05, 0) is 30.5 Å². The van der Waals surface area contributed by atoms with Gasteiger partial charge in [-0.25, -0.2) is 9.37 Å². The minimum Gasteiger partial charge on any atom is -0.493 e. The van der Waals surface area contributed by atoms with Gasteiger partial charge >= 0.3 is 0 Å². The maximum absolute atomic E-state index is 13.1. The average Bonchev–Trinajstić information content (AvgIpc) is 3.11. The Hall–Kier alpha value is -2.88. The van der Waals surface area contributed by atoms with Gasteiger partial charge in [0.05, 0.1) is 17.6 Å². The number of fused-ring (bicyclic) bond motifs is 3. The minimum atomic E-state index is -0.204. The van der Waals surface area contributed by atoms with Gasteiger partial charge in [-0.1, -0.05) is 49.7 Å². The van der Waals surface area contributed by atoms with Crippen molar-refractivity contribution in [1.82, 2.24) is 9.97 Å². The first-order chi connectivity index (χ1) is 13.2. The number of hydrogen-bond acceptors (Lipinski definition) is 2.